The highest BCUT2D eigenvalue weighted by atomic mass is 28.3. The lowest BCUT2D eigenvalue weighted by Gasteiger charge is -2.55. The summed E-state index contributed by atoms with van der Waals surface area (Å²) in [5.74, 6) is 5.98. The number of carbonyl (C=O) groups is 1. The van der Waals surface area contributed by atoms with Crippen LogP contribution < -0.4 is 5.32 Å². The number of rotatable bonds is 2. The maximum Gasteiger partial charge on any atom is 0.226 e. The Hall–Kier alpha value is -0.753. The molecular weight excluding hydrogens is 262 g/mol. The van der Waals surface area contributed by atoms with E-state index in [0.29, 0.717) is 12.5 Å². The highest BCUT2D eigenvalue weighted by Gasteiger charge is 2.54. The lowest BCUT2D eigenvalue weighted by molar-refractivity contribution is -0.145. The van der Waals surface area contributed by atoms with Crippen molar-refractivity contribution >= 4 is 14.0 Å². The van der Waals surface area contributed by atoms with Gasteiger partial charge in [-0.25, -0.2) is 0 Å². The predicted octanol–water partition coefficient (Wildman–Crippen LogP) is 3.20. The number of hydrogen-bond acceptors (Lipinski definition) is 1. The molecule has 4 aliphatic rings. The summed E-state index contributed by atoms with van der Waals surface area (Å²) < 4.78 is 0. The average molecular weight is 289 g/mol. The van der Waals surface area contributed by atoms with Crippen molar-refractivity contribution < 1.29 is 4.79 Å². The molecule has 20 heavy (non-hydrogen) atoms. The fraction of sp³-hybridized carbons (Fsp3) is 0.824. The normalized spacial score (nSPS) is 38.2. The summed E-state index contributed by atoms with van der Waals surface area (Å²) in [5.41, 5.74) is 3.31. The van der Waals surface area contributed by atoms with E-state index >= 15 is 0 Å². The molecule has 4 aliphatic carbocycles. The van der Waals surface area contributed by atoms with E-state index in [2.05, 4.69) is 36.4 Å². The zero-order valence-corrected chi connectivity index (χ0v) is 14.1. The maximum absolute atomic E-state index is 12.7. The van der Waals surface area contributed by atoms with Gasteiger partial charge in [-0.15, -0.1) is 5.54 Å². The molecule has 3 heteroatoms. The molecule has 1 amide bonds. The summed E-state index contributed by atoms with van der Waals surface area (Å²) in [6.07, 6.45) is 7.61. The monoisotopic (exact) mass is 289 g/mol. The summed E-state index contributed by atoms with van der Waals surface area (Å²) in [7, 11) is -1.31. The number of hydrogen-bond donors (Lipinski definition) is 1. The molecule has 0 spiro atoms. The number of amides is 1. The van der Waals surface area contributed by atoms with E-state index in [1.165, 1.54) is 19.3 Å². The zero-order valence-electron chi connectivity index (χ0n) is 13.1. The third-order valence-electron chi connectivity index (χ3n) is 5.32. The van der Waals surface area contributed by atoms with Gasteiger partial charge < -0.3 is 5.32 Å². The van der Waals surface area contributed by atoms with E-state index in [1.54, 1.807) is 0 Å². The minimum Gasteiger partial charge on any atom is -0.345 e. The van der Waals surface area contributed by atoms with Gasteiger partial charge in [-0.05, 0) is 56.3 Å². The highest BCUT2D eigenvalue weighted by molar-refractivity contribution is 6.83. The Bertz CT molecular complexity index is 430. The van der Waals surface area contributed by atoms with Crippen molar-refractivity contribution in [1.29, 1.82) is 0 Å². The Morgan fingerprint density at radius 2 is 1.60 bits per heavy atom. The molecule has 4 rings (SSSR count). The van der Waals surface area contributed by atoms with Crippen LogP contribution >= 0.6 is 0 Å². The van der Waals surface area contributed by atoms with E-state index in [1.807, 2.05) is 0 Å². The van der Waals surface area contributed by atoms with Crippen LogP contribution in [0.5, 0.6) is 0 Å². The van der Waals surface area contributed by atoms with Crippen LogP contribution in [0.2, 0.25) is 19.6 Å². The molecule has 0 heterocycles. The molecule has 0 unspecified atom stereocenters. The molecule has 4 saturated carbocycles. The Labute approximate surface area is 124 Å². The standard InChI is InChI=1S/C17H27NOSi/c1-20(2,3)6-4-5-18-16(19)17-10-13-7-14(11-17)9-15(8-13)12-17/h13-15H,5,7-12H2,1-3H3,(H,18,19). The predicted molar refractivity (Wildman–Crippen MR) is 84.7 cm³/mol. The molecule has 0 aromatic heterocycles. The third-order valence-corrected chi connectivity index (χ3v) is 6.25. The van der Waals surface area contributed by atoms with Gasteiger partial charge in [0, 0.05) is 5.41 Å². The first-order valence-electron chi connectivity index (χ1n) is 8.15. The molecule has 0 radical (unpaired) electrons. The van der Waals surface area contributed by atoms with Gasteiger partial charge in [0.25, 0.3) is 0 Å². The molecule has 0 aromatic carbocycles. The third kappa shape index (κ3) is 2.81. The largest absolute Gasteiger partial charge is 0.345 e. The van der Waals surface area contributed by atoms with Gasteiger partial charge in [-0.1, -0.05) is 25.6 Å². The van der Waals surface area contributed by atoms with Crippen molar-refractivity contribution in [2.45, 2.75) is 58.2 Å². The molecular formula is C17H27NOSi. The van der Waals surface area contributed by atoms with Gasteiger partial charge in [0.05, 0.1) is 6.54 Å². The minimum absolute atomic E-state index is 0.0183. The first-order chi connectivity index (χ1) is 9.36. The quantitative estimate of drug-likeness (QED) is 0.614. The Balaban J connectivity index is 1.61. The van der Waals surface area contributed by atoms with Crippen molar-refractivity contribution in [2.24, 2.45) is 23.2 Å². The second-order valence-electron chi connectivity index (χ2n) is 8.43. The van der Waals surface area contributed by atoms with Crippen molar-refractivity contribution in [3.05, 3.63) is 0 Å². The van der Waals surface area contributed by atoms with Gasteiger partial charge in [-0.3, -0.25) is 4.79 Å². The summed E-state index contributed by atoms with van der Waals surface area (Å²) in [5, 5.41) is 3.12. The molecule has 0 aromatic rings. The van der Waals surface area contributed by atoms with Crippen LogP contribution in [0.3, 0.4) is 0 Å². The Kier molecular flexibility index (Phi) is 3.49. The number of carbonyl (C=O) groups excluding carboxylic acids is 1. The van der Waals surface area contributed by atoms with Crippen LogP contribution in [0.4, 0.5) is 0 Å². The molecule has 0 saturated heterocycles. The van der Waals surface area contributed by atoms with Crippen LogP contribution in [0.1, 0.15) is 38.5 Å². The van der Waals surface area contributed by atoms with Gasteiger partial charge in [0.15, 0.2) is 0 Å². The molecule has 0 aliphatic heterocycles. The van der Waals surface area contributed by atoms with Gasteiger partial charge >= 0.3 is 0 Å². The van der Waals surface area contributed by atoms with Crippen molar-refractivity contribution in [3.63, 3.8) is 0 Å². The Morgan fingerprint density at radius 3 is 2.05 bits per heavy atom. The van der Waals surface area contributed by atoms with E-state index < -0.39 is 8.07 Å². The molecule has 110 valence electrons. The van der Waals surface area contributed by atoms with Crippen LogP contribution in [0.25, 0.3) is 0 Å². The van der Waals surface area contributed by atoms with Crippen molar-refractivity contribution in [3.8, 4) is 11.5 Å². The summed E-state index contributed by atoms with van der Waals surface area (Å²) in [4.78, 5) is 12.7. The number of nitrogens with one attached hydrogen (secondary N) is 1. The smallest absolute Gasteiger partial charge is 0.226 e. The van der Waals surface area contributed by atoms with E-state index in [4.69, 9.17) is 0 Å². The van der Waals surface area contributed by atoms with Gasteiger partial charge in [0.2, 0.25) is 5.91 Å². The topological polar surface area (TPSA) is 29.1 Å². The maximum atomic E-state index is 12.7. The average Bonchev–Trinajstić information content (AvgIpc) is 2.31. The molecule has 4 bridgehead atoms. The second kappa shape index (κ2) is 4.91. The van der Waals surface area contributed by atoms with Crippen LogP contribution in [-0.2, 0) is 4.79 Å². The first-order valence-corrected chi connectivity index (χ1v) is 11.6. The van der Waals surface area contributed by atoms with E-state index in [9.17, 15) is 4.79 Å². The molecule has 0 atom stereocenters. The van der Waals surface area contributed by atoms with Crippen molar-refractivity contribution in [2.75, 3.05) is 6.54 Å². The fourth-order valence-electron chi connectivity index (χ4n) is 5.01. The summed E-state index contributed by atoms with van der Waals surface area (Å²) >= 11 is 0. The molecule has 2 nitrogen and oxygen atoms in total. The minimum atomic E-state index is -1.31. The lowest BCUT2D eigenvalue weighted by atomic mass is 9.49. The van der Waals surface area contributed by atoms with Crippen LogP contribution in [-0.4, -0.2) is 20.5 Å². The van der Waals surface area contributed by atoms with E-state index in [0.717, 1.165) is 37.0 Å². The zero-order chi connectivity index (χ0) is 14.4. The summed E-state index contributed by atoms with van der Waals surface area (Å²) in [6.45, 7) is 7.26. The highest BCUT2D eigenvalue weighted by Crippen LogP contribution is 2.60. The Morgan fingerprint density at radius 1 is 1.10 bits per heavy atom. The van der Waals surface area contributed by atoms with Crippen LogP contribution in [0.15, 0.2) is 0 Å². The SMILES string of the molecule is C[Si](C)(C)C#CCNC(=O)C12CC3CC(CC(C3)C1)C2. The fourth-order valence-corrected chi connectivity index (χ4v) is 5.63. The van der Waals surface area contributed by atoms with E-state index in [-0.39, 0.29) is 5.41 Å². The van der Waals surface area contributed by atoms with Gasteiger partial charge in [0.1, 0.15) is 8.07 Å². The van der Waals surface area contributed by atoms with Gasteiger partial charge in [-0.2, -0.15) is 0 Å². The van der Waals surface area contributed by atoms with Crippen LogP contribution in [0, 0.1) is 34.6 Å². The van der Waals surface area contributed by atoms with Crippen molar-refractivity contribution in [1.82, 2.24) is 5.32 Å². The summed E-state index contributed by atoms with van der Waals surface area (Å²) in [6, 6.07) is 0. The molecule has 1 N–H and O–H groups in total. The second-order valence-corrected chi connectivity index (χ2v) is 13.2. The molecule has 4 fully saturated rings. The first kappa shape index (κ1) is 14.2. The lowest BCUT2D eigenvalue weighted by Crippen LogP contribution is -2.53.